The van der Waals surface area contributed by atoms with Crippen molar-refractivity contribution < 1.29 is 12.8 Å². The molecule has 0 aromatic heterocycles. The minimum Gasteiger partial charge on any atom is -0.371 e. The van der Waals surface area contributed by atoms with Crippen LogP contribution in [0, 0.1) is 12.7 Å². The first-order valence-electron chi connectivity index (χ1n) is 6.72. The molecule has 0 aliphatic carbocycles. The van der Waals surface area contributed by atoms with Crippen molar-refractivity contribution >= 4 is 15.7 Å². The summed E-state index contributed by atoms with van der Waals surface area (Å²) < 4.78 is 37.9. The average Bonchev–Trinajstić information content (AvgIpc) is 2.36. The Morgan fingerprint density at radius 2 is 1.85 bits per heavy atom. The molecule has 1 aliphatic rings. The highest BCUT2D eigenvalue weighted by Gasteiger charge is 2.27. The van der Waals surface area contributed by atoms with E-state index in [1.54, 1.807) is 0 Å². The highest BCUT2D eigenvalue weighted by molar-refractivity contribution is 7.88. The van der Waals surface area contributed by atoms with Gasteiger partial charge in [-0.05, 0) is 43.5 Å². The van der Waals surface area contributed by atoms with E-state index in [9.17, 15) is 12.8 Å². The van der Waals surface area contributed by atoms with Crippen molar-refractivity contribution in [2.24, 2.45) is 0 Å². The molecule has 6 heteroatoms. The number of hydrogen-bond donors (Lipinski definition) is 0. The molecule has 1 aromatic carbocycles. The zero-order chi connectivity index (χ0) is 14.9. The van der Waals surface area contributed by atoms with Crippen LogP contribution in [0.5, 0.6) is 0 Å². The van der Waals surface area contributed by atoms with Gasteiger partial charge in [0.25, 0.3) is 0 Å². The molecular weight excluding hydrogens is 279 g/mol. The van der Waals surface area contributed by atoms with Gasteiger partial charge in [-0.15, -0.1) is 0 Å². The van der Waals surface area contributed by atoms with Gasteiger partial charge in [0.2, 0.25) is 10.0 Å². The van der Waals surface area contributed by atoms with Crippen LogP contribution in [-0.4, -0.2) is 45.2 Å². The highest BCUT2D eigenvalue weighted by atomic mass is 32.2. The van der Waals surface area contributed by atoms with Gasteiger partial charge < -0.3 is 4.90 Å². The zero-order valence-electron chi connectivity index (χ0n) is 12.1. The van der Waals surface area contributed by atoms with E-state index in [1.165, 1.54) is 22.7 Å². The minimum atomic E-state index is -3.10. The summed E-state index contributed by atoms with van der Waals surface area (Å²) in [5.74, 6) is -0.236. The average molecular weight is 300 g/mol. The summed E-state index contributed by atoms with van der Waals surface area (Å²) in [6.07, 6.45) is 2.77. The van der Waals surface area contributed by atoms with Crippen LogP contribution in [0.1, 0.15) is 18.4 Å². The van der Waals surface area contributed by atoms with Crippen molar-refractivity contribution in [1.82, 2.24) is 4.31 Å². The quantitative estimate of drug-likeness (QED) is 0.857. The maximum Gasteiger partial charge on any atom is 0.211 e. The van der Waals surface area contributed by atoms with E-state index >= 15 is 0 Å². The van der Waals surface area contributed by atoms with Crippen LogP contribution in [0.3, 0.4) is 0 Å². The lowest BCUT2D eigenvalue weighted by molar-refractivity contribution is 0.316. The van der Waals surface area contributed by atoms with Gasteiger partial charge in [-0.3, -0.25) is 0 Å². The third kappa shape index (κ3) is 3.49. The van der Waals surface area contributed by atoms with Gasteiger partial charge in [0.15, 0.2) is 0 Å². The van der Waals surface area contributed by atoms with Crippen LogP contribution < -0.4 is 4.90 Å². The Morgan fingerprint density at radius 1 is 1.25 bits per heavy atom. The zero-order valence-corrected chi connectivity index (χ0v) is 13.0. The fourth-order valence-corrected chi connectivity index (χ4v) is 3.57. The molecular formula is C14H21FN2O2S. The largest absolute Gasteiger partial charge is 0.371 e. The predicted octanol–water partition coefficient (Wildman–Crippen LogP) is 1.99. The summed E-state index contributed by atoms with van der Waals surface area (Å²) in [6.45, 7) is 2.93. The molecule has 1 aromatic rings. The van der Waals surface area contributed by atoms with Crippen molar-refractivity contribution in [2.45, 2.75) is 25.8 Å². The van der Waals surface area contributed by atoms with E-state index in [0.717, 1.165) is 24.1 Å². The first kappa shape index (κ1) is 15.3. The lowest BCUT2D eigenvalue weighted by Crippen LogP contribution is -2.45. The van der Waals surface area contributed by atoms with Crippen molar-refractivity contribution in [3.8, 4) is 0 Å². The Balaban J connectivity index is 2.06. The maximum atomic E-state index is 13.5. The number of aryl methyl sites for hydroxylation is 1. The first-order chi connectivity index (χ1) is 9.27. The SMILES string of the molecule is Cc1cc(F)cc(N(C)C2CCN(S(C)(=O)=O)CC2)c1. The molecule has 0 amide bonds. The van der Waals surface area contributed by atoms with Crippen molar-refractivity contribution in [3.05, 3.63) is 29.6 Å². The van der Waals surface area contributed by atoms with Gasteiger partial charge in [-0.25, -0.2) is 17.1 Å². The monoisotopic (exact) mass is 300 g/mol. The molecule has 20 heavy (non-hydrogen) atoms. The number of anilines is 1. The van der Waals surface area contributed by atoms with Gasteiger partial charge in [0.05, 0.1) is 6.26 Å². The molecule has 0 N–H and O–H groups in total. The second-order valence-corrected chi connectivity index (χ2v) is 7.47. The van der Waals surface area contributed by atoms with Crippen molar-refractivity contribution in [2.75, 3.05) is 31.3 Å². The van der Waals surface area contributed by atoms with Gasteiger partial charge in [0.1, 0.15) is 5.82 Å². The molecule has 112 valence electrons. The van der Waals surface area contributed by atoms with Crippen LogP contribution in [0.15, 0.2) is 18.2 Å². The summed E-state index contributed by atoms with van der Waals surface area (Å²) in [4.78, 5) is 2.05. The number of piperidine rings is 1. The molecule has 4 nitrogen and oxygen atoms in total. The summed E-state index contributed by atoms with van der Waals surface area (Å²) in [5, 5.41) is 0. The molecule has 1 heterocycles. The van der Waals surface area contributed by atoms with Gasteiger partial charge in [0, 0.05) is 31.9 Å². The van der Waals surface area contributed by atoms with Gasteiger partial charge >= 0.3 is 0 Å². The molecule has 0 radical (unpaired) electrons. The molecule has 2 rings (SSSR count). The first-order valence-corrected chi connectivity index (χ1v) is 8.57. The summed E-state index contributed by atoms with van der Waals surface area (Å²) in [5.41, 5.74) is 1.74. The molecule has 0 bridgehead atoms. The molecule has 0 spiro atoms. The number of rotatable bonds is 3. The normalized spacial score (nSPS) is 18.2. The van der Waals surface area contributed by atoms with Crippen molar-refractivity contribution in [3.63, 3.8) is 0 Å². The van der Waals surface area contributed by atoms with Gasteiger partial charge in [-0.1, -0.05) is 0 Å². The molecule has 0 atom stereocenters. The Morgan fingerprint density at radius 3 is 2.35 bits per heavy atom. The third-order valence-corrected chi connectivity index (χ3v) is 5.18. The molecule has 0 unspecified atom stereocenters. The minimum absolute atomic E-state index is 0.236. The third-order valence-electron chi connectivity index (χ3n) is 3.87. The Bertz CT molecular complexity index is 561. The molecule has 1 saturated heterocycles. The number of hydrogen-bond acceptors (Lipinski definition) is 3. The van der Waals surface area contributed by atoms with E-state index in [4.69, 9.17) is 0 Å². The smallest absolute Gasteiger partial charge is 0.211 e. The fourth-order valence-electron chi connectivity index (χ4n) is 2.69. The van der Waals surface area contributed by atoms with E-state index in [2.05, 4.69) is 4.90 Å². The molecule has 0 saturated carbocycles. The van der Waals surface area contributed by atoms with E-state index < -0.39 is 10.0 Å². The molecule has 1 aliphatic heterocycles. The Labute approximate surface area is 120 Å². The second-order valence-electron chi connectivity index (χ2n) is 5.49. The van der Waals surface area contributed by atoms with E-state index in [1.807, 2.05) is 20.0 Å². The number of benzene rings is 1. The Kier molecular flexibility index (Phi) is 4.34. The second kappa shape index (κ2) is 5.69. The topological polar surface area (TPSA) is 40.6 Å². The van der Waals surface area contributed by atoms with Crippen LogP contribution in [0.25, 0.3) is 0 Å². The van der Waals surface area contributed by atoms with Crippen LogP contribution in [0.2, 0.25) is 0 Å². The van der Waals surface area contributed by atoms with E-state index in [-0.39, 0.29) is 11.9 Å². The van der Waals surface area contributed by atoms with Crippen LogP contribution in [-0.2, 0) is 10.0 Å². The number of nitrogens with zero attached hydrogens (tertiary/aromatic N) is 2. The van der Waals surface area contributed by atoms with Crippen molar-refractivity contribution in [1.29, 1.82) is 0 Å². The molecule has 1 fully saturated rings. The Hall–Kier alpha value is -1.14. The van der Waals surface area contributed by atoms with Crippen LogP contribution in [0.4, 0.5) is 10.1 Å². The number of halogens is 1. The van der Waals surface area contributed by atoms with Crippen LogP contribution >= 0.6 is 0 Å². The lowest BCUT2D eigenvalue weighted by Gasteiger charge is -2.37. The summed E-state index contributed by atoms with van der Waals surface area (Å²) in [6, 6.07) is 5.22. The standard InChI is InChI=1S/C14H21FN2O2S/c1-11-8-12(15)10-14(9-11)16(2)13-4-6-17(7-5-13)20(3,18)19/h8-10,13H,4-7H2,1-3H3. The highest BCUT2D eigenvalue weighted by Crippen LogP contribution is 2.24. The number of sulfonamides is 1. The predicted molar refractivity (Wildman–Crippen MR) is 79.0 cm³/mol. The summed E-state index contributed by atoms with van der Waals surface area (Å²) >= 11 is 0. The lowest BCUT2D eigenvalue weighted by atomic mass is 10.0. The fraction of sp³-hybridized carbons (Fsp3) is 0.571. The maximum absolute atomic E-state index is 13.5. The van der Waals surface area contributed by atoms with Gasteiger partial charge in [-0.2, -0.15) is 0 Å². The summed E-state index contributed by atoms with van der Waals surface area (Å²) in [7, 11) is -1.16. The van der Waals surface area contributed by atoms with E-state index in [0.29, 0.717) is 13.1 Å².